The Kier molecular flexibility index (Phi) is 5.91. The zero-order chi connectivity index (χ0) is 22.9. The molecule has 2 heterocycles. The van der Waals surface area contributed by atoms with Gasteiger partial charge in [0.2, 0.25) is 0 Å². The van der Waals surface area contributed by atoms with Gasteiger partial charge in [-0.2, -0.15) is 0 Å². The van der Waals surface area contributed by atoms with Gasteiger partial charge in [-0.1, -0.05) is 58.4 Å². The van der Waals surface area contributed by atoms with Crippen LogP contribution in [0.5, 0.6) is 0 Å². The fourth-order valence-electron chi connectivity index (χ4n) is 3.87. The molecule has 33 heavy (non-hydrogen) atoms. The lowest BCUT2D eigenvalue weighted by Gasteiger charge is -2.12. The molecule has 1 aliphatic rings. The van der Waals surface area contributed by atoms with Crippen molar-refractivity contribution in [2.45, 2.75) is 13.1 Å². The number of aromatic nitrogens is 1. The molecule has 0 spiro atoms. The number of thioether (sulfide) groups is 1. The second-order valence-corrected chi connectivity index (χ2v) is 9.66. The normalized spacial score (nSPS) is 15.2. The van der Waals surface area contributed by atoms with E-state index in [2.05, 4.69) is 20.5 Å². The predicted octanol–water partition coefficient (Wildman–Crippen LogP) is 6.83. The van der Waals surface area contributed by atoms with E-state index in [4.69, 9.17) is 0 Å². The predicted molar refractivity (Wildman–Crippen MR) is 133 cm³/mol. The molecular weight excluding hydrogens is 503 g/mol. The van der Waals surface area contributed by atoms with Gasteiger partial charge in [0.05, 0.1) is 11.4 Å². The van der Waals surface area contributed by atoms with Crippen LogP contribution in [0.3, 0.4) is 0 Å². The molecule has 0 saturated carbocycles. The van der Waals surface area contributed by atoms with E-state index in [1.165, 1.54) is 17.0 Å². The molecule has 7 heteroatoms. The molecule has 3 aromatic carbocycles. The quantitative estimate of drug-likeness (QED) is 0.271. The van der Waals surface area contributed by atoms with E-state index in [0.717, 1.165) is 43.8 Å². The number of amides is 2. The topological polar surface area (TPSA) is 42.3 Å². The van der Waals surface area contributed by atoms with Crippen LogP contribution in [-0.4, -0.2) is 20.6 Å². The van der Waals surface area contributed by atoms with E-state index in [9.17, 15) is 14.0 Å². The highest BCUT2D eigenvalue weighted by Crippen LogP contribution is 2.35. The molecule has 0 N–H and O–H groups in total. The molecule has 1 saturated heterocycles. The van der Waals surface area contributed by atoms with Crippen LogP contribution >= 0.6 is 27.7 Å². The summed E-state index contributed by atoms with van der Waals surface area (Å²) in [7, 11) is 0. The Balaban J connectivity index is 1.49. The number of halogens is 2. The molecule has 0 aliphatic carbocycles. The average molecular weight is 521 g/mol. The van der Waals surface area contributed by atoms with Crippen LogP contribution in [0.2, 0.25) is 0 Å². The van der Waals surface area contributed by atoms with Gasteiger partial charge in [0.15, 0.2) is 0 Å². The van der Waals surface area contributed by atoms with Gasteiger partial charge in [0.1, 0.15) is 5.82 Å². The smallest absolute Gasteiger partial charge is 0.293 e. The molecule has 4 nitrogen and oxygen atoms in total. The number of hydrogen-bond acceptors (Lipinski definition) is 3. The summed E-state index contributed by atoms with van der Waals surface area (Å²) in [5.74, 6) is -0.560. The van der Waals surface area contributed by atoms with Crippen LogP contribution in [0.15, 0.2) is 88.4 Å². The standard InChI is InChI=1S/C26H18BrFN2O2S/c27-20-8-11-23-22(13-20)19(16-29(23)14-18-6-9-21(28)10-7-18)12-24-25(31)30(26(32)33-24)15-17-4-2-1-3-5-17/h1-13,16H,14-15H2/b24-12-. The molecule has 0 radical (unpaired) electrons. The highest BCUT2D eigenvalue weighted by molar-refractivity contribution is 9.10. The first-order valence-electron chi connectivity index (χ1n) is 10.3. The van der Waals surface area contributed by atoms with Gasteiger partial charge < -0.3 is 4.57 Å². The maximum atomic E-state index is 13.3. The molecule has 1 aliphatic heterocycles. The number of fused-ring (bicyclic) bond motifs is 1. The Labute approximate surface area is 202 Å². The lowest BCUT2D eigenvalue weighted by molar-refractivity contribution is -0.123. The van der Waals surface area contributed by atoms with Crippen LogP contribution < -0.4 is 0 Å². The number of carbonyl (C=O) groups is 2. The summed E-state index contributed by atoms with van der Waals surface area (Å²) in [6.07, 6.45) is 3.75. The third kappa shape index (κ3) is 4.51. The van der Waals surface area contributed by atoms with Crippen molar-refractivity contribution in [3.8, 4) is 0 Å². The molecule has 1 fully saturated rings. The van der Waals surface area contributed by atoms with Gasteiger partial charge in [-0.3, -0.25) is 14.5 Å². The minimum absolute atomic E-state index is 0.251. The van der Waals surface area contributed by atoms with Crippen LogP contribution in [-0.2, 0) is 17.9 Å². The second-order valence-electron chi connectivity index (χ2n) is 7.75. The third-order valence-corrected chi connectivity index (χ3v) is 6.88. The van der Waals surface area contributed by atoms with E-state index in [-0.39, 0.29) is 23.5 Å². The first-order chi connectivity index (χ1) is 16.0. The lowest BCUT2D eigenvalue weighted by atomic mass is 10.1. The Morgan fingerprint density at radius 1 is 0.909 bits per heavy atom. The first-order valence-corrected chi connectivity index (χ1v) is 11.9. The number of benzene rings is 3. The van der Waals surface area contributed by atoms with Crippen molar-refractivity contribution in [3.05, 3.63) is 111 Å². The third-order valence-electron chi connectivity index (χ3n) is 5.48. The van der Waals surface area contributed by atoms with E-state index in [1.54, 1.807) is 18.2 Å². The zero-order valence-electron chi connectivity index (χ0n) is 17.4. The highest BCUT2D eigenvalue weighted by atomic mass is 79.9. The zero-order valence-corrected chi connectivity index (χ0v) is 19.8. The lowest BCUT2D eigenvalue weighted by Crippen LogP contribution is -2.27. The molecule has 164 valence electrons. The van der Waals surface area contributed by atoms with Crippen LogP contribution in [0.4, 0.5) is 9.18 Å². The van der Waals surface area contributed by atoms with Gasteiger partial charge in [-0.05, 0) is 59.3 Å². The Morgan fingerprint density at radius 2 is 1.64 bits per heavy atom. The van der Waals surface area contributed by atoms with E-state index in [0.29, 0.717) is 11.4 Å². The number of nitrogens with zero attached hydrogens (tertiary/aromatic N) is 2. The van der Waals surface area contributed by atoms with Gasteiger partial charge in [0.25, 0.3) is 11.1 Å². The molecule has 1 aromatic heterocycles. The van der Waals surface area contributed by atoms with E-state index < -0.39 is 0 Å². The molecular formula is C26H18BrFN2O2S. The van der Waals surface area contributed by atoms with Crippen molar-refractivity contribution in [2.24, 2.45) is 0 Å². The summed E-state index contributed by atoms with van der Waals surface area (Å²) >= 11 is 4.48. The van der Waals surface area contributed by atoms with Crippen LogP contribution in [0.25, 0.3) is 17.0 Å². The van der Waals surface area contributed by atoms with Gasteiger partial charge >= 0.3 is 0 Å². The van der Waals surface area contributed by atoms with E-state index in [1.807, 2.05) is 54.7 Å². The minimum atomic E-state index is -0.289. The Morgan fingerprint density at radius 3 is 2.39 bits per heavy atom. The second kappa shape index (κ2) is 9.00. The fraction of sp³-hybridized carbons (Fsp3) is 0.0769. The maximum absolute atomic E-state index is 13.3. The Bertz CT molecular complexity index is 1400. The summed E-state index contributed by atoms with van der Waals surface area (Å²) < 4.78 is 16.3. The summed E-state index contributed by atoms with van der Waals surface area (Å²) in [5, 5.41) is 0.688. The molecule has 5 rings (SSSR count). The minimum Gasteiger partial charge on any atom is -0.342 e. The molecule has 0 bridgehead atoms. The van der Waals surface area contributed by atoms with Crippen LogP contribution in [0.1, 0.15) is 16.7 Å². The number of carbonyl (C=O) groups excluding carboxylic acids is 2. The average Bonchev–Trinajstić information content (AvgIpc) is 3.27. The van der Waals surface area contributed by atoms with Gasteiger partial charge in [-0.25, -0.2) is 4.39 Å². The first kappa shape index (κ1) is 21.7. The van der Waals surface area contributed by atoms with Crippen molar-refractivity contribution < 1.29 is 14.0 Å². The van der Waals surface area contributed by atoms with Crippen molar-refractivity contribution in [1.82, 2.24) is 9.47 Å². The SMILES string of the molecule is O=C1S/C(=C\c2cn(Cc3ccc(F)cc3)c3ccc(Br)cc23)C(=O)N1Cc1ccccc1. The highest BCUT2D eigenvalue weighted by Gasteiger charge is 2.35. The van der Waals surface area contributed by atoms with Gasteiger partial charge in [0, 0.05) is 33.7 Å². The maximum Gasteiger partial charge on any atom is 0.293 e. The summed E-state index contributed by atoms with van der Waals surface area (Å²) in [6, 6.07) is 21.8. The molecule has 0 unspecified atom stereocenters. The largest absolute Gasteiger partial charge is 0.342 e. The van der Waals surface area contributed by atoms with Gasteiger partial charge in [-0.15, -0.1) is 0 Å². The number of hydrogen-bond donors (Lipinski definition) is 0. The van der Waals surface area contributed by atoms with Crippen molar-refractivity contribution in [2.75, 3.05) is 0 Å². The molecule has 0 atom stereocenters. The summed E-state index contributed by atoms with van der Waals surface area (Å²) in [5.41, 5.74) is 3.70. The fourth-order valence-corrected chi connectivity index (χ4v) is 5.06. The van der Waals surface area contributed by atoms with Crippen molar-refractivity contribution in [1.29, 1.82) is 0 Å². The molecule has 4 aromatic rings. The monoisotopic (exact) mass is 520 g/mol. The number of imide groups is 1. The number of rotatable bonds is 5. The summed E-state index contributed by atoms with van der Waals surface area (Å²) in [6.45, 7) is 0.808. The van der Waals surface area contributed by atoms with E-state index >= 15 is 0 Å². The molecule has 2 amide bonds. The van der Waals surface area contributed by atoms with Crippen LogP contribution in [0, 0.1) is 5.82 Å². The summed E-state index contributed by atoms with van der Waals surface area (Å²) in [4.78, 5) is 27.3. The Hall–Kier alpha value is -3.16. The van der Waals surface area contributed by atoms with Crippen molar-refractivity contribution >= 4 is 55.8 Å². The van der Waals surface area contributed by atoms with Crippen molar-refractivity contribution in [3.63, 3.8) is 0 Å².